The van der Waals surface area contributed by atoms with Crippen LogP contribution in [0.3, 0.4) is 0 Å². The Morgan fingerprint density at radius 3 is 1.26 bits per heavy atom. The Bertz CT molecular complexity index is 1410. The summed E-state index contributed by atoms with van der Waals surface area (Å²) in [5.74, 6) is 1.68. The second kappa shape index (κ2) is 18.1. The molecule has 4 rings (SSSR count). The van der Waals surface area contributed by atoms with Gasteiger partial charge in [-0.2, -0.15) is 0 Å². The topological polar surface area (TPSA) is 40.2 Å². The molecule has 0 bridgehead atoms. The van der Waals surface area contributed by atoms with Crippen LogP contribution in [-0.4, -0.2) is 33.0 Å². The van der Waals surface area contributed by atoms with Gasteiger partial charge in [0.1, 0.15) is 23.7 Å². The first-order chi connectivity index (χ1) is 22.8. The number of rotatable bonds is 17. The molecule has 0 aliphatic carbocycles. The van der Waals surface area contributed by atoms with E-state index in [2.05, 4.69) is 137 Å². The third kappa shape index (κ3) is 10.9. The van der Waals surface area contributed by atoms with E-state index in [1.54, 1.807) is 14.2 Å². The number of hydrogen-bond donors (Lipinski definition) is 0. The predicted octanol–water partition coefficient (Wildman–Crippen LogP) is 11.0. The highest BCUT2D eigenvalue weighted by Gasteiger charge is 2.13. The Labute approximate surface area is 282 Å². The molecule has 5 heteroatoms. The summed E-state index contributed by atoms with van der Waals surface area (Å²) in [6.07, 6.45) is 10.7. The quantitative estimate of drug-likeness (QED) is 0.116. The van der Waals surface area contributed by atoms with E-state index in [0.29, 0.717) is 0 Å². The van der Waals surface area contributed by atoms with Gasteiger partial charge in [0.2, 0.25) is 0 Å². The molecule has 248 valence electrons. The van der Waals surface area contributed by atoms with Crippen LogP contribution in [0.1, 0.15) is 81.9 Å². The molecular formula is C42H51NO4. The first-order valence-electron chi connectivity index (χ1n) is 16.7. The van der Waals surface area contributed by atoms with Gasteiger partial charge in [0.25, 0.3) is 0 Å². The van der Waals surface area contributed by atoms with Crippen molar-refractivity contribution in [1.29, 1.82) is 0 Å². The van der Waals surface area contributed by atoms with Crippen LogP contribution in [-0.2, 0) is 9.47 Å². The molecule has 0 N–H and O–H groups in total. The molecule has 0 aliphatic heterocycles. The van der Waals surface area contributed by atoms with Gasteiger partial charge in [-0.25, -0.2) is 0 Å². The van der Waals surface area contributed by atoms with Gasteiger partial charge in [0, 0.05) is 17.9 Å². The third-order valence-electron chi connectivity index (χ3n) is 7.80. The molecule has 0 saturated heterocycles. The number of unbranched alkanes of at least 4 members (excludes halogenated alkanes) is 1. The Morgan fingerprint density at radius 1 is 0.553 bits per heavy atom. The minimum atomic E-state index is -0.141. The molecule has 2 atom stereocenters. The van der Waals surface area contributed by atoms with Crippen LogP contribution in [0.5, 0.6) is 11.5 Å². The summed E-state index contributed by atoms with van der Waals surface area (Å²) in [6.45, 7) is 11.4. The smallest absolute Gasteiger partial charge is 0.118 e. The minimum Gasteiger partial charge on any atom is -0.497 e. The van der Waals surface area contributed by atoms with Crippen LogP contribution < -0.4 is 14.4 Å². The van der Waals surface area contributed by atoms with Gasteiger partial charge in [-0.3, -0.25) is 0 Å². The van der Waals surface area contributed by atoms with Crippen LogP contribution in [0, 0.1) is 0 Å². The van der Waals surface area contributed by atoms with E-state index < -0.39 is 0 Å². The standard InChI is InChI=1S/C42H51NO4/c1-8-9-30-43(37-20-10-33(11-21-37)14-28-41(46-31(2)3)35-16-24-39(44-6)25-17-35)38-22-12-34(13-23-38)15-29-42(47-32(4)5)36-18-26-40(45-7)27-19-36/h10-29,31-32,41-42H,8-9,30H2,1-7H3. The van der Waals surface area contributed by atoms with Crippen molar-refractivity contribution in [2.24, 2.45) is 0 Å². The fourth-order valence-corrected chi connectivity index (χ4v) is 5.29. The van der Waals surface area contributed by atoms with E-state index in [1.165, 1.54) is 11.4 Å². The van der Waals surface area contributed by atoms with E-state index in [4.69, 9.17) is 18.9 Å². The highest BCUT2D eigenvalue weighted by molar-refractivity contribution is 5.67. The molecule has 4 aromatic carbocycles. The lowest BCUT2D eigenvalue weighted by Crippen LogP contribution is -2.18. The van der Waals surface area contributed by atoms with Crippen molar-refractivity contribution >= 4 is 23.5 Å². The molecule has 2 unspecified atom stereocenters. The summed E-state index contributed by atoms with van der Waals surface area (Å²) in [6, 6.07) is 33.7. The van der Waals surface area contributed by atoms with Gasteiger partial charge >= 0.3 is 0 Å². The van der Waals surface area contributed by atoms with Gasteiger partial charge < -0.3 is 23.8 Å². The van der Waals surface area contributed by atoms with Gasteiger partial charge in [0.15, 0.2) is 0 Å². The maximum atomic E-state index is 6.23. The van der Waals surface area contributed by atoms with Crippen LogP contribution in [0.25, 0.3) is 12.2 Å². The monoisotopic (exact) mass is 633 g/mol. The zero-order valence-electron chi connectivity index (χ0n) is 29.1. The fourth-order valence-electron chi connectivity index (χ4n) is 5.29. The summed E-state index contributed by atoms with van der Waals surface area (Å²) in [7, 11) is 3.36. The number of anilines is 2. The van der Waals surface area contributed by atoms with Crippen LogP contribution >= 0.6 is 0 Å². The molecule has 5 nitrogen and oxygen atoms in total. The van der Waals surface area contributed by atoms with E-state index in [9.17, 15) is 0 Å². The van der Waals surface area contributed by atoms with Gasteiger partial charge in [-0.05, 0) is 105 Å². The SMILES string of the molecule is CCCCN(c1ccc(C=CC(OC(C)C)c2ccc(OC)cc2)cc1)c1ccc(C=CC(OC(C)C)c2ccc(OC)cc2)cc1. The van der Waals surface area contributed by atoms with Crippen molar-refractivity contribution in [1.82, 2.24) is 0 Å². The van der Waals surface area contributed by atoms with Crippen molar-refractivity contribution in [3.8, 4) is 11.5 Å². The number of nitrogens with zero attached hydrogens (tertiary/aromatic N) is 1. The highest BCUT2D eigenvalue weighted by atomic mass is 16.5. The molecule has 47 heavy (non-hydrogen) atoms. The molecule has 0 amide bonds. The first-order valence-corrected chi connectivity index (χ1v) is 16.7. The number of hydrogen-bond acceptors (Lipinski definition) is 5. The number of ether oxygens (including phenoxy) is 4. The molecule has 0 aliphatic rings. The van der Waals surface area contributed by atoms with Crippen LogP contribution in [0.4, 0.5) is 11.4 Å². The average Bonchev–Trinajstić information content (AvgIpc) is 3.09. The normalized spacial score (nSPS) is 13.0. The van der Waals surface area contributed by atoms with Crippen molar-refractivity contribution in [3.05, 3.63) is 131 Å². The molecule has 0 saturated carbocycles. The zero-order chi connectivity index (χ0) is 33.6. The molecular weight excluding hydrogens is 582 g/mol. The molecule has 0 aromatic heterocycles. The second-order valence-electron chi connectivity index (χ2n) is 12.2. The summed E-state index contributed by atoms with van der Waals surface area (Å²) in [5, 5.41) is 0. The van der Waals surface area contributed by atoms with Crippen LogP contribution in [0.15, 0.2) is 109 Å². The van der Waals surface area contributed by atoms with Gasteiger partial charge in [-0.1, -0.05) is 86.2 Å². The Balaban J connectivity index is 1.49. The van der Waals surface area contributed by atoms with E-state index in [1.807, 2.05) is 24.3 Å². The summed E-state index contributed by atoms with van der Waals surface area (Å²) >= 11 is 0. The van der Waals surface area contributed by atoms with Gasteiger partial charge in [-0.15, -0.1) is 0 Å². The number of benzene rings is 4. The third-order valence-corrected chi connectivity index (χ3v) is 7.80. The Kier molecular flexibility index (Phi) is 13.7. The van der Waals surface area contributed by atoms with Crippen molar-refractivity contribution in [2.75, 3.05) is 25.7 Å². The van der Waals surface area contributed by atoms with Crippen molar-refractivity contribution < 1.29 is 18.9 Å². The Hall–Kier alpha value is -4.32. The van der Waals surface area contributed by atoms with E-state index >= 15 is 0 Å². The molecule has 0 heterocycles. The lowest BCUT2D eigenvalue weighted by Gasteiger charge is -2.25. The average molecular weight is 634 g/mol. The molecule has 0 radical (unpaired) electrons. The number of methoxy groups -OCH3 is 2. The van der Waals surface area contributed by atoms with Crippen molar-refractivity contribution in [3.63, 3.8) is 0 Å². The largest absolute Gasteiger partial charge is 0.497 e. The molecule has 4 aromatic rings. The summed E-state index contributed by atoms with van der Waals surface area (Å²) in [4.78, 5) is 2.40. The van der Waals surface area contributed by atoms with Gasteiger partial charge in [0.05, 0.1) is 26.4 Å². The van der Waals surface area contributed by atoms with Crippen molar-refractivity contribution in [2.45, 2.75) is 71.9 Å². The first kappa shape index (κ1) is 35.5. The Morgan fingerprint density at radius 2 is 0.936 bits per heavy atom. The predicted molar refractivity (Wildman–Crippen MR) is 197 cm³/mol. The summed E-state index contributed by atoms with van der Waals surface area (Å²) < 4.78 is 23.1. The zero-order valence-corrected chi connectivity index (χ0v) is 29.1. The van der Waals surface area contributed by atoms with E-state index in [-0.39, 0.29) is 24.4 Å². The lowest BCUT2D eigenvalue weighted by atomic mass is 10.1. The van der Waals surface area contributed by atoms with Crippen LogP contribution in [0.2, 0.25) is 0 Å². The fraction of sp³-hybridized carbons (Fsp3) is 0.333. The second-order valence-corrected chi connectivity index (χ2v) is 12.2. The minimum absolute atomic E-state index is 0.103. The lowest BCUT2D eigenvalue weighted by molar-refractivity contribution is 0.0350. The maximum Gasteiger partial charge on any atom is 0.118 e. The summed E-state index contributed by atoms with van der Waals surface area (Å²) in [5.41, 5.74) is 6.80. The maximum absolute atomic E-state index is 6.23. The van der Waals surface area contributed by atoms with E-state index in [0.717, 1.165) is 53.1 Å². The molecule has 0 spiro atoms. The highest BCUT2D eigenvalue weighted by Crippen LogP contribution is 2.30. The molecule has 0 fully saturated rings.